The average molecular weight is 390 g/mol. The van der Waals surface area contributed by atoms with Gasteiger partial charge in [-0.2, -0.15) is 9.29 Å². The van der Waals surface area contributed by atoms with Gasteiger partial charge in [0, 0.05) is 24.5 Å². The van der Waals surface area contributed by atoms with Crippen LogP contribution in [0, 0.1) is 0 Å². The molecule has 26 heavy (non-hydrogen) atoms. The van der Waals surface area contributed by atoms with Crippen LogP contribution in [0.5, 0.6) is 0 Å². The zero-order valence-electron chi connectivity index (χ0n) is 13.7. The Kier molecular flexibility index (Phi) is 4.52. The minimum atomic E-state index is -3.55. The van der Waals surface area contributed by atoms with E-state index in [2.05, 4.69) is 10.1 Å². The Bertz CT molecular complexity index is 1010. The molecule has 1 saturated heterocycles. The molecule has 8 heteroatoms. The summed E-state index contributed by atoms with van der Waals surface area (Å²) in [4.78, 5) is 4.60. The number of rotatable bonds is 5. The normalized spacial score (nSPS) is 15.7. The second-order valence-corrected chi connectivity index (χ2v) is 8.56. The van der Waals surface area contributed by atoms with Crippen LogP contribution in [0.4, 0.5) is 0 Å². The molecule has 0 radical (unpaired) electrons. The van der Waals surface area contributed by atoms with E-state index in [4.69, 9.17) is 16.1 Å². The quantitative estimate of drug-likeness (QED) is 0.670. The largest absolute Gasteiger partial charge is 0.339 e. The van der Waals surface area contributed by atoms with Crippen LogP contribution in [0.2, 0.25) is 5.02 Å². The van der Waals surface area contributed by atoms with E-state index in [1.54, 1.807) is 18.2 Å². The molecule has 0 N–H and O–H groups in total. The van der Waals surface area contributed by atoms with Crippen LogP contribution in [0.3, 0.4) is 0 Å². The summed E-state index contributed by atoms with van der Waals surface area (Å²) in [5.41, 5.74) is 1.10. The van der Waals surface area contributed by atoms with Crippen molar-refractivity contribution in [1.29, 1.82) is 0 Å². The minimum absolute atomic E-state index is 0.0824. The van der Waals surface area contributed by atoms with Crippen molar-refractivity contribution in [2.24, 2.45) is 0 Å². The Labute approximate surface area is 156 Å². The molecular formula is C18H16ClN3O3S. The van der Waals surface area contributed by atoms with E-state index < -0.39 is 10.0 Å². The second-order valence-electron chi connectivity index (χ2n) is 6.19. The van der Waals surface area contributed by atoms with Crippen molar-refractivity contribution >= 4 is 21.6 Å². The summed E-state index contributed by atoms with van der Waals surface area (Å²) in [7, 11) is -3.55. The highest BCUT2D eigenvalue weighted by molar-refractivity contribution is 7.89. The van der Waals surface area contributed by atoms with Gasteiger partial charge in [-0.25, -0.2) is 8.42 Å². The lowest BCUT2D eigenvalue weighted by molar-refractivity contribution is 0.216. The van der Waals surface area contributed by atoms with Gasteiger partial charge in [-0.15, -0.1) is 0 Å². The van der Waals surface area contributed by atoms with E-state index in [1.807, 2.05) is 30.3 Å². The van der Waals surface area contributed by atoms with Gasteiger partial charge in [-0.1, -0.05) is 53.2 Å². The minimum Gasteiger partial charge on any atom is -0.339 e. The van der Waals surface area contributed by atoms with Crippen molar-refractivity contribution in [3.63, 3.8) is 0 Å². The van der Waals surface area contributed by atoms with Crippen LogP contribution in [-0.2, 0) is 16.4 Å². The van der Waals surface area contributed by atoms with Crippen LogP contribution in [0.25, 0.3) is 0 Å². The van der Waals surface area contributed by atoms with E-state index >= 15 is 0 Å². The van der Waals surface area contributed by atoms with Gasteiger partial charge in [-0.05, 0) is 23.8 Å². The molecule has 134 valence electrons. The molecule has 0 amide bonds. The van der Waals surface area contributed by atoms with Gasteiger partial charge in [0.2, 0.25) is 15.9 Å². The van der Waals surface area contributed by atoms with E-state index in [1.165, 1.54) is 10.4 Å². The van der Waals surface area contributed by atoms with E-state index in [0.717, 1.165) is 5.56 Å². The lowest BCUT2D eigenvalue weighted by Crippen LogP contribution is -2.48. The van der Waals surface area contributed by atoms with Crippen molar-refractivity contribution in [1.82, 2.24) is 14.4 Å². The van der Waals surface area contributed by atoms with Crippen LogP contribution < -0.4 is 0 Å². The number of hydrogen-bond acceptors (Lipinski definition) is 5. The third kappa shape index (κ3) is 3.38. The Morgan fingerprint density at radius 1 is 1.12 bits per heavy atom. The zero-order valence-corrected chi connectivity index (χ0v) is 15.3. The van der Waals surface area contributed by atoms with E-state index in [-0.39, 0.29) is 10.8 Å². The molecule has 4 rings (SSSR count). The van der Waals surface area contributed by atoms with Crippen molar-refractivity contribution < 1.29 is 12.9 Å². The van der Waals surface area contributed by atoms with Gasteiger partial charge in [0.25, 0.3) is 0 Å². The van der Waals surface area contributed by atoms with Crippen LogP contribution in [0.15, 0.2) is 64.0 Å². The fourth-order valence-electron chi connectivity index (χ4n) is 2.85. The maximum absolute atomic E-state index is 12.6. The van der Waals surface area contributed by atoms with Gasteiger partial charge >= 0.3 is 0 Å². The molecule has 1 aliphatic heterocycles. The molecule has 2 aromatic carbocycles. The Hall–Kier alpha value is -2.22. The molecule has 1 aliphatic rings. The number of halogens is 1. The number of aromatic nitrogens is 2. The second kappa shape index (κ2) is 6.83. The highest BCUT2D eigenvalue weighted by atomic mass is 35.5. The first-order valence-corrected chi connectivity index (χ1v) is 9.96. The summed E-state index contributed by atoms with van der Waals surface area (Å²) >= 11 is 5.89. The van der Waals surface area contributed by atoms with Gasteiger partial charge < -0.3 is 4.52 Å². The standard InChI is InChI=1S/C18H16ClN3O3S/c19-15-7-4-8-16(10-15)26(23,24)22-11-14(12-22)18-20-17(21-25-18)9-13-5-2-1-3-6-13/h1-8,10,14H,9,11-12H2. The van der Waals surface area contributed by atoms with Gasteiger partial charge in [-0.3, -0.25) is 0 Å². The summed E-state index contributed by atoms with van der Waals surface area (Å²) in [6, 6.07) is 16.1. The Balaban J connectivity index is 1.42. The van der Waals surface area contributed by atoms with Crippen molar-refractivity contribution in [2.75, 3.05) is 13.1 Å². The van der Waals surface area contributed by atoms with Crippen LogP contribution >= 0.6 is 11.6 Å². The number of hydrogen-bond donors (Lipinski definition) is 0. The molecule has 1 aromatic heterocycles. The third-order valence-electron chi connectivity index (χ3n) is 4.32. The molecule has 1 fully saturated rings. The summed E-state index contributed by atoms with van der Waals surface area (Å²) in [5, 5.41) is 4.39. The first-order valence-electron chi connectivity index (χ1n) is 8.14. The molecular weight excluding hydrogens is 374 g/mol. The van der Waals surface area contributed by atoms with Crippen molar-refractivity contribution in [3.8, 4) is 0 Å². The summed E-state index contributed by atoms with van der Waals surface area (Å²) < 4.78 is 31.9. The van der Waals surface area contributed by atoms with Crippen molar-refractivity contribution in [2.45, 2.75) is 17.2 Å². The molecule has 0 atom stereocenters. The highest BCUT2D eigenvalue weighted by Gasteiger charge is 2.40. The molecule has 0 bridgehead atoms. The third-order valence-corrected chi connectivity index (χ3v) is 6.38. The summed E-state index contributed by atoms with van der Waals surface area (Å²) in [5.74, 6) is 0.997. The lowest BCUT2D eigenvalue weighted by atomic mass is 10.0. The number of benzene rings is 2. The fraction of sp³-hybridized carbons (Fsp3) is 0.222. The van der Waals surface area contributed by atoms with Gasteiger partial charge in [0.1, 0.15) is 0 Å². The molecule has 0 unspecified atom stereocenters. The highest BCUT2D eigenvalue weighted by Crippen LogP contribution is 2.31. The van der Waals surface area contributed by atoms with Crippen LogP contribution in [-0.4, -0.2) is 36.0 Å². The predicted molar refractivity (Wildman–Crippen MR) is 96.5 cm³/mol. The smallest absolute Gasteiger partial charge is 0.243 e. The molecule has 0 spiro atoms. The monoisotopic (exact) mass is 389 g/mol. The van der Waals surface area contributed by atoms with E-state index in [0.29, 0.717) is 36.2 Å². The Morgan fingerprint density at radius 3 is 2.62 bits per heavy atom. The first kappa shape index (κ1) is 17.2. The molecule has 0 saturated carbocycles. The van der Waals surface area contributed by atoms with Crippen LogP contribution in [0.1, 0.15) is 23.2 Å². The summed E-state index contributed by atoms with van der Waals surface area (Å²) in [6.07, 6.45) is 0.585. The molecule has 6 nitrogen and oxygen atoms in total. The number of nitrogens with zero attached hydrogens (tertiary/aromatic N) is 3. The topological polar surface area (TPSA) is 76.3 Å². The maximum atomic E-state index is 12.6. The maximum Gasteiger partial charge on any atom is 0.243 e. The molecule has 2 heterocycles. The van der Waals surface area contributed by atoms with Gasteiger partial charge in [0.05, 0.1) is 10.8 Å². The average Bonchev–Trinajstić information content (AvgIpc) is 3.02. The summed E-state index contributed by atoms with van der Waals surface area (Å²) in [6.45, 7) is 0.642. The zero-order chi connectivity index (χ0) is 18.1. The number of sulfonamides is 1. The molecule has 3 aromatic rings. The van der Waals surface area contributed by atoms with Crippen molar-refractivity contribution in [3.05, 3.63) is 76.9 Å². The molecule has 0 aliphatic carbocycles. The lowest BCUT2D eigenvalue weighted by Gasteiger charge is -2.35. The first-order chi connectivity index (χ1) is 12.5. The fourth-order valence-corrected chi connectivity index (χ4v) is 4.68. The Morgan fingerprint density at radius 2 is 1.88 bits per heavy atom. The predicted octanol–water partition coefficient (Wildman–Crippen LogP) is 3.10. The van der Waals surface area contributed by atoms with E-state index in [9.17, 15) is 8.42 Å². The van der Waals surface area contributed by atoms with Gasteiger partial charge in [0.15, 0.2) is 5.82 Å². The SMILES string of the molecule is O=S(=O)(c1cccc(Cl)c1)N1CC(c2nc(Cc3ccccc3)no2)C1.